The molecule has 0 fully saturated rings. The Hall–Kier alpha value is -1.40. The van der Waals surface area contributed by atoms with Crippen molar-refractivity contribution in [3.05, 3.63) is 35.9 Å². The molecule has 1 aromatic carbocycles. The molecule has 0 heterocycles. The summed E-state index contributed by atoms with van der Waals surface area (Å²) in [5.74, 6) is 0.320. The molecule has 1 atom stereocenters. The van der Waals surface area contributed by atoms with E-state index in [2.05, 4.69) is 29.1 Å². The van der Waals surface area contributed by atoms with Gasteiger partial charge < -0.3 is 5.32 Å². The van der Waals surface area contributed by atoms with Crippen molar-refractivity contribution in [2.24, 2.45) is 5.92 Å². The van der Waals surface area contributed by atoms with Crippen molar-refractivity contribution < 1.29 is 13.2 Å². The number of benzene rings is 1. The topological polar surface area (TPSA) is 75.3 Å². The fraction of sp³-hybridized carbons (Fsp3) is 0.562. The van der Waals surface area contributed by atoms with Crippen LogP contribution in [0.2, 0.25) is 0 Å². The van der Waals surface area contributed by atoms with Gasteiger partial charge in [0.05, 0.1) is 5.75 Å². The second-order valence-corrected chi connectivity index (χ2v) is 7.58. The van der Waals surface area contributed by atoms with Gasteiger partial charge in [0.15, 0.2) is 0 Å². The second kappa shape index (κ2) is 9.58. The van der Waals surface area contributed by atoms with Crippen molar-refractivity contribution in [1.29, 1.82) is 0 Å². The minimum absolute atomic E-state index is 0.0312. The molecule has 0 spiro atoms. The summed E-state index contributed by atoms with van der Waals surface area (Å²) in [6, 6.07) is 10.2. The van der Waals surface area contributed by atoms with Gasteiger partial charge in [-0.25, -0.2) is 13.1 Å². The summed E-state index contributed by atoms with van der Waals surface area (Å²) in [6.45, 7) is 4.20. The van der Waals surface area contributed by atoms with Crippen LogP contribution in [-0.2, 0) is 21.2 Å². The number of carbonyl (C=O) groups excluding carboxylic acids is 1. The van der Waals surface area contributed by atoms with Gasteiger partial charge in [-0.05, 0) is 31.2 Å². The molecule has 0 saturated carbocycles. The summed E-state index contributed by atoms with van der Waals surface area (Å²) in [4.78, 5) is 11.8. The van der Waals surface area contributed by atoms with Gasteiger partial charge in [-0.15, -0.1) is 0 Å². The molecule has 1 rings (SSSR count). The van der Waals surface area contributed by atoms with E-state index in [4.69, 9.17) is 0 Å². The maximum absolute atomic E-state index is 11.8. The van der Waals surface area contributed by atoms with E-state index in [0.717, 1.165) is 12.8 Å². The zero-order chi connectivity index (χ0) is 16.4. The average Bonchev–Trinajstić information content (AvgIpc) is 2.51. The Labute approximate surface area is 133 Å². The summed E-state index contributed by atoms with van der Waals surface area (Å²) < 4.78 is 24.9. The van der Waals surface area contributed by atoms with Crippen LogP contribution in [0.25, 0.3) is 0 Å². The largest absolute Gasteiger partial charge is 0.355 e. The Morgan fingerprint density at radius 3 is 2.50 bits per heavy atom. The SMILES string of the molecule is CCS(=O)(=O)NCCNC(=O)C[C@H](C)CCc1ccccc1. The van der Waals surface area contributed by atoms with Crippen molar-refractivity contribution in [3.8, 4) is 0 Å². The van der Waals surface area contributed by atoms with Gasteiger partial charge in [0.25, 0.3) is 0 Å². The molecule has 2 N–H and O–H groups in total. The van der Waals surface area contributed by atoms with Crippen molar-refractivity contribution in [1.82, 2.24) is 10.0 Å². The first kappa shape index (κ1) is 18.6. The van der Waals surface area contributed by atoms with Crippen LogP contribution in [-0.4, -0.2) is 33.2 Å². The lowest BCUT2D eigenvalue weighted by molar-refractivity contribution is -0.121. The average molecular weight is 326 g/mol. The molecule has 0 unspecified atom stereocenters. The Morgan fingerprint density at radius 1 is 1.18 bits per heavy atom. The smallest absolute Gasteiger partial charge is 0.220 e. The third-order valence-corrected chi connectivity index (χ3v) is 4.86. The van der Waals surface area contributed by atoms with E-state index in [1.807, 2.05) is 18.2 Å². The predicted molar refractivity (Wildman–Crippen MR) is 89.0 cm³/mol. The van der Waals surface area contributed by atoms with Crippen LogP contribution in [0.4, 0.5) is 0 Å². The van der Waals surface area contributed by atoms with Crippen LogP contribution < -0.4 is 10.0 Å². The predicted octanol–water partition coefficient (Wildman–Crippen LogP) is 1.70. The molecule has 1 aromatic rings. The maximum atomic E-state index is 11.8. The van der Waals surface area contributed by atoms with E-state index >= 15 is 0 Å². The number of carbonyl (C=O) groups is 1. The first-order valence-corrected chi connectivity index (χ1v) is 9.36. The zero-order valence-electron chi connectivity index (χ0n) is 13.3. The lowest BCUT2D eigenvalue weighted by Gasteiger charge is -2.12. The molecule has 0 aliphatic rings. The van der Waals surface area contributed by atoms with E-state index in [-0.39, 0.29) is 18.2 Å². The number of hydrogen-bond donors (Lipinski definition) is 2. The normalized spacial score (nSPS) is 12.8. The van der Waals surface area contributed by atoms with Gasteiger partial charge in [0.1, 0.15) is 0 Å². The number of aryl methyl sites for hydroxylation is 1. The summed E-state index contributed by atoms with van der Waals surface area (Å²) >= 11 is 0. The fourth-order valence-corrected chi connectivity index (χ4v) is 2.68. The Balaban J connectivity index is 2.16. The van der Waals surface area contributed by atoms with E-state index in [0.29, 0.717) is 18.9 Å². The van der Waals surface area contributed by atoms with Crippen LogP contribution in [0.5, 0.6) is 0 Å². The molecular formula is C16H26N2O3S. The molecule has 124 valence electrons. The molecule has 0 radical (unpaired) electrons. The molecule has 5 nitrogen and oxygen atoms in total. The van der Waals surface area contributed by atoms with Crippen LogP contribution in [0.15, 0.2) is 30.3 Å². The number of nitrogens with one attached hydrogen (secondary N) is 2. The molecule has 22 heavy (non-hydrogen) atoms. The van der Waals surface area contributed by atoms with Gasteiger partial charge >= 0.3 is 0 Å². The Bertz CT molecular complexity index is 544. The summed E-state index contributed by atoms with van der Waals surface area (Å²) in [5.41, 5.74) is 1.28. The van der Waals surface area contributed by atoms with Crippen LogP contribution in [0.3, 0.4) is 0 Å². The van der Waals surface area contributed by atoms with E-state index < -0.39 is 10.0 Å². The minimum atomic E-state index is -3.18. The fourth-order valence-electron chi connectivity index (χ4n) is 2.06. The molecule has 1 amide bonds. The molecule has 0 aromatic heterocycles. The maximum Gasteiger partial charge on any atom is 0.220 e. The van der Waals surface area contributed by atoms with E-state index in [9.17, 15) is 13.2 Å². The first-order chi connectivity index (χ1) is 10.4. The second-order valence-electron chi connectivity index (χ2n) is 5.48. The lowest BCUT2D eigenvalue weighted by Crippen LogP contribution is -2.35. The summed E-state index contributed by atoms with van der Waals surface area (Å²) in [5, 5.41) is 2.74. The summed E-state index contributed by atoms with van der Waals surface area (Å²) in [7, 11) is -3.18. The standard InChI is InChI=1S/C16H26N2O3S/c1-3-22(20,21)18-12-11-17-16(19)13-14(2)9-10-15-7-5-4-6-8-15/h4-8,14,18H,3,9-13H2,1-2H3,(H,17,19)/t14-/m1/s1. The molecule has 0 saturated heterocycles. The summed E-state index contributed by atoms with van der Waals surface area (Å²) in [6.07, 6.45) is 2.39. The van der Waals surface area contributed by atoms with Gasteiger partial charge in [0, 0.05) is 19.5 Å². The van der Waals surface area contributed by atoms with Crippen molar-refractivity contribution >= 4 is 15.9 Å². The van der Waals surface area contributed by atoms with E-state index in [1.54, 1.807) is 6.92 Å². The third kappa shape index (κ3) is 8.14. The Morgan fingerprint density at radius 2 is 1.86 bits per heavy atom. The van der Waals surface area contributed by atoms with Gasteiger partial charge in [0.2, 0.25) is 15.9 Å². The number of amides is 1. The molecule has 0 aliphatic heterocycles. The van der Waals surface area contributed by atoms with Gasteiger partial charge in [-0.2, -0.15) is 0 Å². The van der Waals surface area contributed by atoms with E-state index in [1.165, 1.54) is 5.56 Å². The highest BCUT2D eigenvalue weighted by molar-refractivity contribution is 7.89. The highest BCUT2D eigenvalue weighted by atomic mass is 32.2. The molecule has 0 aliphatic carbocycles. The number of sulfonamides is 1. The van der Waals surface area contributed by atoms with Crippen LogP contribution in [0, 0.1) is 5.92 Å². The number of rotatable bonds is 10. The van der Waals surface area contributed by atoms with Crippen molar-refractivity contribution in [3.63, 3.8) is 0 Å². The lowest BCUT2D eigenvalue weighted by atomic mass is 9.98. The molecule has 0 bridgehead atoms. The third-order valence-electron chi connectivity index (χ3n) is 3.45. The van der Waals surface area contributed by atoms with Crippen LogP contribution in [0.1, 0.15) is 32.3 Å². The molecular weight excluding hydrogens is 300 g/mol. The van der Waals surface area contributed by atoms with Crippen LogP contribution >= 0.6 is 0 Å². The quantitative estimate of drug-likeness (QED) is 0.643. The Kier molecular flexibility index (Phi) is 8.12. The zero-order valence-corrected chi connectivity index (χ0v) is 14.2. The highest BCUT2D eigenvalue weighted by Gasteiger charge is 2.10. The first-order valence-electron chi connectivity index (χ1n) is 7.71. The molecule has 6 heteroatoms. The van der Waals surface area contributed by atoms with Gasteiger partial charge in [-0.3, -0.25) is 4.79 Å². The monoisotopic (exact) mass is 326 g/mol. The highest BCUT2D eigenvalue weighted by Crippen LogP contribution is 2.12. The van der Waals surface area contributed by atoms with Gasteiger partial charge in [-0.1, -0.05) is 37.3 Å². The number of hydrogen-bond acceptors (Lipinski definition) is 3. The van der Waals surface area contributed by atoms with Crippen molar-refractivity contribution in [2.45, 2.75) is 33.1 Å². The minimum Gasteiger partial charge on any atom is -0.355 e. The van der Waals surface area contributed by atoms with Crippen molar-refractivity contribution in [2.75, 3.05) is 18.8 Å².